The van der Waals surface area contributed by atoms with Crippen LogP contribution in [0.25, 0.3) is 0 Å². The van der Waals surface area contributed by atoms with Gasteiger partial charge in [0.05, 0.1) is 11.3 Å². The number of amides is 2. The summed E-state index contributed by atoms with van der Waals surface area (Å²) in [6, 6.07) is 7.59. The number of anilines is 1. The van der Waals surface area contributed by atoms with E-state index < -0.39 is 23.7 Å². The minimum atomic E-state index is -4.57. The molecule has 0 saturated heterocycles. The summed E-state index contributed by atoms with van der Waals surface area (Å²) in [5.74, 6) is -1.21. The van der Waals surface area contributed by atoms with Crippen molar-refractivity contribution in [3.8, 4) is 0 Å². The molecule has 0 atom stereocenters. The zero-order chi connectivity index (χ0) is 17.2. The molecule has 120 valence electrons. The van der Waals surface area contributed by atoms with Gasteiger partial charge in [-0.15, -0.1) is 0 Å². The van der Waals surface area contributed by atoms with Crippen LogP contribution in [0.1, 0.15) is 32.1 Å². The first kappa shape index (κ1) is 16.5. The van der Waals surface area contributed by atoms with Gasteiger partial charge in [-0.3, -0.25) is 9.59 Å². The van der Waals surface area contributed by atoms with Crippen molar-refractivity contribution < 1.29 is 22.8 Å². The lowest BCUT2D eigenvalue weighted by Gasteiger charge is -2.10. The van der Waals surface area contributed by atoms with Gasteiger partial charge < -0.3 is 11.1 Å². The molecule has 3 N–H and O–H groups in total. The Morgan fingerprint density at radius 2 is 1.70 bits per heavy atom. The van der Waals surface area contributed by atoms with Gasteiger partial charge in [-0.25, -0.2) is 4.98 Å². The van der Waals surface area contributed by atoms with Gasteiger partial charge in [0.25, 0.3) is 5.91 Å². The number of hydrogen-bond acceptors (Lipinski definition) is 3. The summed E-state index contributed by atoms with van der Waals surface area (Å²) < 4.78 is 37.6. The Morgan fingerprint density at radius 1 is 1.09 bits per heavy atom. The number of rotatable bonds is 3. The minimum Gasteiger partial charge on any atom is -0.366 e. The van der Waals surface area contributed by atoms with Crippen molar-refractivity contribution in [3.05, 3.63) is 58.9 Å². The van der Waals surface area contributed by atoms with Crippen molar-refractivity contribution in [2.24, 2.45) is 5.73 Å². The summed E-state index contributed by atoms with van der Waals surface area (Å²) in [6.07, 6.45) is -4.57. The van der Waals surface area contributed by atoms with E-state index >= 15 is 0 Å². The Morgan fingerprint density at radius 3 is 2.17 bits per heavy atom. The first-order chi connectivity index (χ1) is 10.7. The van der Waals surface area contributed by atoms with Crippen LogP contribution < -0.4 is 11.1 Å². The van der Waals surface area contributed by atoms with Crippen LogP contribution in [-0.2, 0) is 6.18 Å². The molecule has 2 rings (SSSR count). The molecule has 1 aromatic heterocycles. The number of halogens is 3. The number of aryl methyl sites for hydroxylation is 1. The summed E-state index contributed by atoms with van der Waals surface area (Å²) in [5, 5.41) is 2.51. The van der Waals surface area contributed by atoms with Crippen LogP contribution in [-0.4, -0.2) is 16.8 Å². The number of hydrogen-bond donors (Lipinski definition) is 2. The summed E-state index contributed by atoms with van der Waals surface area (Å²) in [5.41, 5.74) is 4.68. The quantitative estimate of drug-likeness (QED) is 0.911. The molecule has 0 fully saturated rings. The number of primary amides is 1. The number of nitrogens with two attached hydrogens (primary N) is 1. The number of alkyl halides is 3. The second-order valence-electron chi connectivity index (χ2n) is 4.72. The second kappa shape index (κ2) is 6.07. The van der Waals surface area contributed by atoms with E-state index in [0.29, 0.717) is 5.69 Å². The van der Waals surface area contributed by atoms with Crippen molar-refractivity contribution >= 4 is 17.5 Å². The van der Waals surface area contributed by atoms with Gasteiger partial charge in [0, 0.05) is 11.3 Å². The van der Waals surface area contributed by atoms with E-state index in [1.54, 1.807) is 0 Å². The summed E-state index contributed by atoms with van der Waals surface area (Å²) >= 11 is 0. The van der Waals surface area contributed by atoms with Gasteiger partial charge in [0.15, 0.2) is 0 Å². The van der Waals surface area contributed by atoms with E-state index in [-0.39, 0.29) is 16.8 Å². The molecule has 0 aliphatic carbocycles. The highest BCUT2D eigenvalue weighted by atomic mass is 19.4. The molecule has 5 nitrogen and oxygen atoms in total. The molecule has 2 aromatic rings. The third-order valence-electron chi connectivity index (χ3n) is 3.05. The topological polar surface area (TPSA) is 85.1 Å². The number of nitrogens with zero attached hydrogens (tertiary/aromatic N) is 1. The summed E-state index contributed by atoms with van der Waals surface area (Å²) in [6.45, 7) is 1.32. The van der Waals surface area contributed by atoms with Crippen LogP contribution in [0.5, 0.6) is 0 Å². The van der Waals surface area contributed by atoms with Crippen LogP contribution in [0, 0.1) is 6.92 Å². The van der Waals surface area contributed by atoms with Crippen molar-refractivity contribution in [3.63, 3.8) is 0 Å². The average Bonchev–Trinajstić information content (AvgIpc) is 2.46. The van der Waals surface area contributed by atoms with Crippen LogP contribution in [0.3, 0.4) is 0 Å². The molecule has 1 aromatic carbocycles. The van der Waals surface area contributed by atoms with Crippen molar-refractivity contribution in [2.45, 2.75) is 13.1 Å². The smallest absolute Gasteiger partial charge is 0.366 e. The van der Waals surface area contributed by atoms with Crippen molar-refractivity contribution in [1.29, 1.82) is 0 Å². The molecule has 0 saturated carbocycles. The Kier molecular flexibility index (Phi) is 4.35. The lowest BCUT2D eigenvalue weighted by atomic mass is 10.1. The van der Waals surface area contributed by atoms with Crippen LogP contribution in [0.4, 0.5) is 18.9 Å². The number of aromatic nitrogens is 1. The second-order valence-corrected chi connectivity index (χ2v) is 4.72. The van der Waals surface area contributed by atoms with Gasteiger partial charge in [0.1, 0.15) is 5.69 Å². The molecule has 0 radical (unpaired) electrons. The number of benzene rings is 1. The molecule has 1 heterocycles. The molecule has 0 bridgehead atoms. The Bertz CT molecular complexity index is 756. The largest absolute Gasteiger partial charge is 0.433 e. The molecule has 0 unspecified atom stereocenters. The maximum absolute atomic E-state index is 12.5. The molecule has 2 amide bonds. The first-order valence-corrected chi connectivity index (χ1v) is 6.44. The van der Waals surface area contributed by atoms with E-state index in [1.165, 1.54) is 31.2 Å². The highest BCUT2D eigenvalue weighted by Crippen LogP contribution is 2.28. The summed E-state index contributed by atoms with van der Waals surface area (Å²) in [4.78, 5) is 26.4. The number of carbonyl (C=O) groups excluding carboxylic acids is 2. The molecular formula is C15H12F3N3O2. The zero-order valence-electron chi connectivity index (χ0n) is 11.9. The zero-order valence-corrected chi connectivity index (χ0v) is 11.9. The maximum Gasteiger partial charge on any atom is 0.433 e. The fourth-order valence-electron chi connectivity index (χ4n) is 1.88. The number of carbonyl (C=O) groups is 2. The van der Waals surface area contributed by atoms with Crippen LogP contribution in [0.2, 0.25) is 0 Å². The molecule has 0 aliphatic rings. The molecule has 23 heavy (non-hydrogen) atoms. The third-order valence-corrected chi connectivity index (χ3v) is 3.05. The van der Waals surface area contributed by atoms with E-state index in [4.69, 9.17) is 5.73 Å². The third kappa shape index (κ3) is 3.85. The predicted octanol–water partition coefficient (Wildman–Crippen LogP) is 2.76. The normalized spacial score (nSPS) is 11.1. The van der Waals surface area contributed by atoms with Crippen LogP contribution in [0.15, 0.2) is 36.4 Å². The first-order valence-electron chi connectivity index (χ1n) is 6.44. The van der Waals surface area contributed by atoms with Gasteiger partial charge in [0.2, 0.25) is 5.91 Å². The fraction of sp³-hybridized carbons (Fsp3) is 0.133. The Hall–Kier alpha value is -2.90. The van der Waals surface area contributed by atoms with E-state index in [2.05, 4.69) is 10.3 Å². The van der Waals surface area contributed by atoms with E-state index in [1.807, 2.05) is 0 Å². The van der Waals surface area contributed by atoms with Gasteiger partial charge in [-0.05, 0) is 43.3 Å². The SMILES string of the molecule is Cc1nc(C(F)(F)F)ccc1C(=O)Nc1ccc(C(N)=O)cc1. The molecule has 0 aliphatic heterocycles. The highest BCUT2D eigenvalue weighted by molar-refractivity contribution is 6.05. The summed E-state index contributed by atoms with van der Waals surface area (Å²) in [7, 11) is 0. The number of pyridine rings is 1. The predicted molar refractivity (Wildman–Crippen MR) is 76.9 cm³/mol. The van der Waals surface area contributed by atoms with Gasteiger partial charge in [-0.1, -0.05) is 0 Å². The van der Waals surface area contributed by atoms with E-state index in [9.17, 15) is 22.8 Å². The number of nitrogens with one attached hydrogen (secondary N) is 1. The van der Waals surface area contributed by atoms with Gasteiger partial charge >= 0.3 is 6.18 Å². The molecular weight excluding hydrogens is 311 g/mol. The average molecular weight is 323 g/mol. The van der Waals surface area contributed by atoms with Crippen molar-refractivity contribution in [2.75, 3.05) is 5.32 Å². The lowest BCUT2D eigenvalue weighted by Crippen LogP contribution is -2.17. The van der Waals surface area contributed by atoms with Crippen molar-refractivity contribution in [1.82, 2.24) is 4.98 Å². The Labute approximate surface area is 129 Å². The lowest BCUT2D eigenvalue weighted by molar-refractivity contribution is -0.141. The monoisotopic (exact) mass is 323 g/mol. The van der Waals surface area contributed by atoms with Gasteiger partial charge in [-0.2, -0.15) is 13.2 Å². The van der Waals surface area contributed by atoms with Crippen LogP contribution >= 0.6 is 0 Å². The standard InChI is InChI=1S/C15H12F3N3O2/c1-8-11(6-7-12(20-8)15(16,17)18)14(23)21-10-4-2-9(3-5-10)13(19)22/h2-7H,1H3,(H2,19,22)(H,21,23). The van der Waals surface area contributed by atoms with E-state index in [0.717, 1.165) is 12.1 Å². The highest BCUT2D eigenvalue weighted by Gasteiger charge is 2.33. The maximum atomic E-state index is 12.5. The fourth-order valence-corrected chi connectivity index (χ4v) is 1.88. The Balaban J connectivity index is 2.19. The molecule has 0 spiro atoms. The molecule has 8 heteroatoms. The minimum absolute atomic E-state index is 0.0250.